The first-order valence-electron chi connectivity index (χ1n) is 7.95. The topological polar surface area (TPSA) is 46.2 Å². The molecule has 1 heterocycles. The first kappa shape index (κ1) is 15.0. The van der Waals surface area contributed by atoms with Crippen molar-refractivity contribution in [3.63, 3.8) is 0 Å². The van der Waals surface area contributed by atoms with Crippen molar-refractivity contribution < 1.29 is 8.42 Å². The number of hydrogen-bond acceptors (Lipinski definition) is 3. The predicted molar refractivity (Wildman–Crippen MR) is 85.0 cm³/mol. The van der Waals surface area contributed by atoms with Gasteiger partial charge in [-0.1, -0.05) is 32.0 Å². The van der Waals surface area contributed by atoms with Crippen molar-refractivity contribution in [3.8, 4) is 0 Å². The summed E-state index contributed by atoms with van der Waals surface area (Å²) in [6.07, 6.45) is 5.57. The molecule has 116 valence electrons. The molecule has 4 heteroatoms. The lowest BCUT2D eigenvalue weighted by Crippen LogP contribution is -2.40. The summed E-state index contributed by atoms with van der Waals surface area (Å²) in [6.45, 7) is 4.68. The van der Waals surface area contributed by atoms with Crippen LogP contribution in [0.4, 0.5) is 0 Å². The molecule has 1 fully saturated rings. The highest BCUT2D eigenvalue weighted by atomic mass is 32.2. The van der Waals surface area contributed by atoms with Gasteiger partial charge in [0.2, 0.25) is 0 Å². The number of sulfone groups is 1. The Morgan fingerprint density at radius 1 is 1.10 bits per heavy atom. The zero-order chi connectivity index (χ0) is 15.1. The van der Waals surface area contributed by atoms with Crippen molar-refractivity contribution in [1.82, 2.24) is 5.32 Å². The normalized spacial score (nSPS) is 28.0. The average Bonchev–Trinajstić information content (AvgIpc) is 2.44. The SMILES string of the molecule is CC1(C)CCC(NC2CCS(=O)(=O)c3ccccc32)CC1. The van der Waals surface area contributed by atoms with E-state index in [9.17, 15) is 8.42 Å². The van der Waals surface area contributed by atoms with E-state index < -0.39 is 9.84 Å². The molecule has 0 aromatic heterocycles. The standard InChI is InChI=1S/C17H25NO2S/c1-17(2)10-7-13(8-11-17)18-15-9-12-21(19,20)16-6-4-3-5-14(15)16/h3-6,13,15,18H,7-12H2,1-2H3. The quantitative estimate of drug-likeness (QED) is 0.910. The summed E-state index contributed by atoms with van der Waals surface area (Å²) in [4.78, 5) is 0.532. The van der Waals surface area contributed by atoms with Crippen LogP contribution < -0.4 is 5.32 Å². The number of fused-ring (bicyclic) bond motifs is 1. The molecule has 3 nitrogen and oxygen atoms in total. The first-order valence-corrected chi connectivity index (χ1v) is 9.60. The maximum Gasteiger partial charge on any atom is 0.178 e. The van der Waals surface area contributed by atoms with Crippen LogP contribution in [0.1, 0.15) is 57.6 Å². The Kier molecular flexibility index (Phi) is 3.87. The highest BCUT2D eigenvalue weighted by molar-refractivity contribution is 7.91. The highest BCUT2D eigenvalue weighted by Crippen LogP contribution is 2.37. The minimum atomic E-state index is -3.07. The molecule has 1 atom stereocenters. The van der Waals surface area contributed by atoms with E-state index in [4.69, 9.17) is 0 Å². The summed E-state index contributed by atoms with van der Waals surface area (Å²) in [5, 5.41) is 3.73. The van der Waals surface area contributed by atoms with Gasteiger partial charge in [0, 0.05) is 12.1 Å². The van der Waals surface area contributed by atoms with Gasteiger partial charge in [0.15, 0.2) is 9.84 Å². The zero-order valence-corrected chi connectivity index (χ0v) is 13.7. The van der Waals surface area contributed by atoms with Gasteiger partial charge >= 0.3 is 0 Å². The summed E-state index contributed by atoms with van der Waals surface area (Å²) in [6, 6.07) is 8.20. The molecule has 1 aliphatic carbocycles. The molecule has 1 saturated carbocycles. The van der Waals surface area contributed by atoms with Crippen molar-refractivity contribution in [2.75, 3.05) is 5.75 Å². The first-order chi connectivity index (χ1) is 9.87. The molecule has 3 rings (SSSR count). The fourth-order valence-corrected chi connectivity index (χ4v) is 5.23. The molecule has 1 aromatic rings. The maximum atomic E-state index is 12.2. The van der Waals surface area contributed by atoms with Gasteiger partial charge in [-0.3, -0.25) is 0 Å². The summed E-state index contributed by atoms with van der Waals surface area (Å²) in [5.41, 5.74) is 1.43. The van der Waals surface area contributed by atoms with E-state index in [0.29, 0.717) is 22.8 Å². The average molecular weight is 307 g/mol. The predicted octanol–water partition coefficient (Wildman–Crippen LogP) is 3.46. The molecule has 0 radical (unpaired) electrons. The molecule has 0 saturated heterocycles. The Bertz CT molecular complexity index is 611. The molecule has 1 aromatic carbocycles. The van der Waals surface area contributed by atoms with Crippen LogP contribution in [0.5, 0.6) is 0 Å². The summed E-state index contributed by atoms with van der Waals surface area (Å²) in [5.74, 6) is 0.264. The van der Waals surface area contributed by atoms with E-state index in [1.807, 2.05) is 18.2 Å². The van der Waals surface area contributed by atoms with Crippen LogP contribution in [0.2, 0.25) is 0 Å². The van der Waals surface area contributed by atoms with E-state index in [1.165, 1.54) is 25.7 Å². The molecule has 0 amide bonds. The third-order valence-corrected chi connectivity index (χ3v) is 6.90. The van der Waals surface area contributed by atoms with Gasteiger partial charge in [-0.05, 0) is 49.1 Å². The maximum absolute atomic E-state index is 12.2. The van der Waals surface area contributed by atoms with Crippen LogP contribution in [-0.2, 0) is 9.84 Å². The van der Waals surface area contributed by atoms with Crippen LogP contribution in [0.25, 0.3) is 0 Å². The minimum Gasteiger partial charge on any atom is -0.307 e. The molecule has 1 N–H and O–H groups in total. The molecule has 0 bridgehead atoms. The number of nitrogens with one attached hydrogen (secondary N) is 1. The summed E-state index contributed by atoms with van der Waals surface area (Å²) in [7, 11) is -3.07. The monoisotopic (exact) mass is 307 g/mol. The molecule has 0 spiro atoms. The van der Waals surface area contributed by atoms with Crippen LogP contribution in [0, 0.1) is 5.41 Å². The van der Waals surface area contributed by atoms with E-state index in [2.05, 4.69) is 19.2 Å². The van der Waals surface area contributed by atoms with Crippen LogP contribution in [-0.4, -0.2) is 20.2 Å². The third kappa shape index (κ3) is 3.16. The van der Waals surface area contributed by atoms with Crippen molar-refractivity contribution in [3.05, 3.63) is 29.8 Å². The van der Waals surface area contributed by atoms with Gasteiger partial charge in [0.25, 0.3) is 0 Å². The number of rotatable bonds is 2. The minimum absolute atomic E-state index is 0.191. The summed E-state index contributed by atoms with van der Waals surface area (Å²) < 4.78 is 24.3. The fraction of sp³-hybridized carbons (Fsp3) is 0.647. The van der Waals surface area contributed by atoms with Crippen molar-refractivity contribution in [2.45, 2.75) is 62.9 Å². The van der Waals surface area contributed by atoms with Gasteiger partial charge in [0.1, 0.15) is 0 Å². The summed E-state index contributed by atoms with van der Waals surface area (Å²) >= 11 is 0. The van der Waals surface area contributed by atoms with Gasteiger partial charge in [-0.2, -0.15) is 0 Å². The Morgan fingerprint density at radius 3 is 2.48 bits per heavy atom. The van der Waals surface area contributed by atoms with Gasteiger partial charge in [0.05, 0.1) is 10.6 Å². The highest BCUT2D eigenvalue weighted by Gasteiger charge is 2.33. The van der Waals surface area contributed by atoms with Gasteiger partial charge < -0.3 is 5.32 Å². The lowest BCUT2D eigenvalue weighted by atomic mass is 9.75. The van der Waals surface area contributed by atoms with Crippen LogP contribution >= 0.6 is 0 Å². The Labute approximate surface area is 128 Å². The second-order valence-corrected chi connectivity index (χ2v) is 9.38. The van der Waals surface area contributed by atoms with E-state index in [-0.39, 0.29) is 11.8 Å². The van der Waals surface area contributed by atoms with E-state index in [1.54, 1.807) is 6.07 Å². The molecule has 2 aliphatic rings. The van der Waals surface area contributed by atoms with Crippen molar-refractivity contribution >= 4 is 9.84 Å². The molecule has 21 heavy (non-hydrogen) atoms. The second-order valence-electron chi connectivity index (χ2n) is 7.30. The lowest BCUT2D eigenvalue weighted by molar-refractivity contribution is 0.196. The molecule has 1 unspecified atom stereocenters. The van der Waals surface area contributed by atoms with E-state index in [0.717, 1.165) is 5.56 Å². The molecule has 1 aliphatic heterocycles. The van der Waals surface area contributed by atoms with E-state index >= 15 is 0 Å². The Balaban J connectivity index is 1.76. The Morgan fingerprint density at radius 2 is 1.76 bits per heavy atom. The third-order valence-electron chi connectivity index (χ3n) is 5.08. The second kappa shape index (κ2) is 5.40. The van der Waals surface area contributed by atoms with Crippen LogP contribution in [0.3, 0.4) is 0 Å². The lowest BCUT2D eigenvalue weighted by Gasteiger charge is -2.37. The van der Waals surface area contributed by atoms with Gasteiger partial charge in [-0.25, -0.2) is 8.42 Å². The number of hydrogen-bond donors (Lipinski definition) is 1. The zero-order valence-electron chi connectivity index (χ0n) is 12.9. The largest absolute Gasteiger partial charge is 0.307 e. The molecular weight excluding hydrogens is 282 g/mol. The van der Waals surface area contributed by atoms with Crippen molar-refractivity contribution in [1.29, 1.82) is 0 Å². The Hall–Kier alpha value is -0.870. The smallest absolute Gasteiger partial charge is 0.178 e. The number of benzene rings is 1. The fourth-order valence-electron chi connectivity index (χ4n) is 3.61. The van der Waals surface area contributed by atoms with Crippen molar-refractivity contribution in [2.24, 2.45) is 5.41 Å². The van der Waals surface area contributed by atoms with Gasteiger partial charge in [-0.15, -0.1) is 0 Å². The van der Waals surface area contributed by atoms with Crippen LogP contribution in [0.15, 0.2) is 29.2 Å². The molecular formula is C17H25NO2S.